The SMILES string of the molecule is C=CCCCCCCCCCCC.O=[PH](O)O. The zero-order valence-electron chi connectivity index (χ0n) is 11.2. The Morgan fingerprint density at radius 3 is 1.65 bits per heavy atom. The molecule has 0 atom stereocenters. The molecule has 0 aromatic rings. The third-order valence-corrected chi connectivity index (χ3v) is 2.51. The molecule has 17 heavy (non-hydrogen) atoms. The molecule has 3 nitrogen and oxygen atoms in total. The first-order chi connectivity index (χ1) is 8.15. The molecule has 0 fully saturated rings. The maximum atomic E-state index is 8.74. The number of rotatable bonds is 10. The van der Waals surface area contributed by atoms with Gasteiger partial charge in [-0.3, -0.25) is 4.57 Å². The first kappa shape index (κ1) is 19.2. The van der Waals surface area contributed by atoms with Gasteiger partial charge in [0, 0.05) is 0 Å². The van der Waals surface area contributed by atoms with Crippen LogP contribution in [0.25, 0.3) is 0 Å². The molecule has 0 aromatic carbocycles. The molecule has 0 radical (unpaired) electrons. The molecule has 0 aliphatic heterocycles. The van der Waals surface area contributed by atoms with Gasteiger partial charge in [-0.25, -0.2) is 0 Å². The Morgan fingerprint density at radius 1 is 0.941 bits per heavy atom. The van der Waals surface area contributed by atoms with Gasteiger partial charge in [0.25, 0.3) is 0 Å². The van der Waals surface area contributed by atoms with Gasteiger partial charge >= 0.3 is 8.25 Å². The van der Waals surface area contributed by atoms with Crippen molar-refractivity contribution in [2.75, 3.05) is 0 Å². The zero-order chi connectivity index (χ0) is 13.4. The molecular formula is C13H29O3P. The average molecular weight is 264 g/mol. The van der Waals surface area contributed by atoms with Gasteiger partial charge in [0.2, 0.25) is 0 Å². The number of hydrogen-bond acceptors (Lipinski definition) is 1. The molecule has 0 rings (SSSR count). The number of hydrogen-bond donors (Lipinski definition) is 2. The normalized spacial score (nSPS) is 9.88. The van der Waals surface area contributed by atoms with E-state index in [4.69, 9.17) is 14.4 Å². The van der Waals surface area contributed by atoms with Crippen molar-refractivity contribution in [1.82, 2.24) is 0 Å². The quantitative estimate of drug-likeness (QED) is 0.348. The van der Waals surface area contributed by atoms with E-state index in [0.29, 0.717) is 0 Å². The lowest BCUT2D eigenvalue weighted by Crippen LogP contribution is -1.80. The minimum absolute atomic E-state index is 1.20. The highest BCUT2D eigenvalue weighted by Gasteiger charge is 1.90. The molecule has 0 saturated carbocycles. The lowest BCUT2D eigenvalue weighted by Gasteiger charge is -2.00. The van der Waals surface area contributed by atoms with Crippen LogP contribution in [0.1, 0.15) is 71.1 Å². The van der Waals surface area contributed by atoms with Gasteiger partial charge in [-0.05, 0) is 12.8 Å². The molecule has 0 aromatic heterocycles. The molecular weight excluding hydrogens is 235 g/mol. The van der Waals surface area contributed by atoms with Crippen LogP contribution in [0.15, 0.2) is 12.7 Å². The lowest BCUT2D eigenvalue weighted by atomic mass is 10.1. The van der Waals surface area contributed by atoms with Crippen LogP contribution in [0, 0.1) is 0 Å². The highest BCUT2D eigenvalue weighted by Crippen LogP contribution is 2.10. The lowest BCUT2D eigenvalue weighted by molar-refractivity contribution is 0.405. The summed E-state index contributed by atoms with van der Waals surface area (Å²) in [4.78, 5) is 14.3. The maximum Gasteiger partial charge on any atom is 0.314 e. The molecule has 2 N–H and O–H groups in total. The van der Waals surface area contributed by atoms with Crippen LogP contribution in [-0.2, 0) is 4.57 Å². The Labute approximate surface area is 107 Å². The van der Waals surface area contributed by atoms with Crippen molar-refractivity contribution in [3.63, 3.8) is 0 Å². The minimum Gasteiger partial charge on any atom is -0.326 e. The van der Waals surface area contributed by atoms with E-state index in [1.807, 2.05) is 6.08 Å². The molecule has 0 spiro atoms. The van der Waals surface area contributed by atoms with E-state index in [1.54, 1.807) is 0 Å². The summed E-state index contributed by atoms with van der Waals surface area (Å²) in [6.45, 7) is 6.00. The molecule has 0 heterocycles. The predicted molar refractivity (Wildman–Crippen MR) is 75.5 cm³/mol. The molecule has 104 valence electrons. The van der Waals surface area contributed by atoms with E-state index >= 15 is 0 Å². The molecule has 0 unspecified atom stereocenters. The summed E-state index contributed by atoms with van der Waals surface area (Å²) in [5.74, 6) is 0. The second-order valence-corrected chi connectivity index (χ2v) is 4.75. The van der Waals surface area contributed by atoms with Crippen molar-refractivity contribution < 1.29 is 14.4 Å². The second kappa shape index (κ2) is 18.3. The Balaban J connectivity index is 0. The Morgan fingerprint density at radius 2 is 1.29 bits per heavy atom. The monoisotopic (exact) mass is 264 g/mol. The van der Waals surface area contributed by atoms with Gasteiger partial charge in [0.1, 0.15) is 0 Å². The van der Waals surface area contributed by atoms with Crippen molar-refractivity contribution >= 4 is 8.25 Å². The van der Waals surface area contributed by atoms with Gasteiger partial charge in [0.15, 0.2) is 0 Å². The summed E-state index contributed by atoms with van der Waals surface area (Å²) in [6.07, 6.45) is 16.0. The van der Waals surface area contributed by atoms with Crippen molar-refractivity contribution in [2.24, 2.45) is 0 Å². The zero-order valence-corrected chi connectivity index (χ0v) is 12.2. The van der Waals surface area contributed by atoms with Crippen molar-refractivity contribution in [2.45, 2.75) is 71.1 Å². The average Bonchev–Trinajstić information content (AvgIpc) is 2.26. The van der Waals surface area contributed by atoms with Crippen molar-refractivity contribution in [3.8, 4) is 0 Å². The van der Waals surface area contributed by atoms with E-state index in [1.165, 1.54) is 64.2 Å². The summed E-state index contributed by atoms with van der Waals surface area (Å²) < 4.78 is 8.74. The van der Waals surface area contributed by atoms with Gasteiger partial charge in [-0.1, -0.05) is 64.4 Å². The maximum absolute atomic E-state index is 8.74. The summed E-state index contributed by atoms with van der Waals surface area (Å²) in [6, 6.07) is 0. The minimum atomic E-state index is -3.13. The third-order valence-electron chi connectivity index (χ3n) is 2.51. The first-order valence-electron chi connectivity index (χ1n) is 6.67. The van der Waals surface area contributed by atoms with Gasteiger partial charge in [-0.2, -0.15) is 0 Å². The summed E-state index contributed by atoms with van der Waals surface area (Å²) in [5.41, 5.74) is 0. The van der Waals surface area contributed by atoms with Gasteiger partial charge < -0.3 is 9.79 Å². The van der Waals surface area contributed by atoms with E-state index in [9.17, 15) is 0 Å². The summed E-state index contributed by atoms with van der Waals surface area (Å²) in [5, 5.41) is 0. The number of unbranched alkanes of at least 4 members (excludes halogenated alkanes) is 9. The summed E-state index contributed by atoms with van der Waals surface area (Å²) in [7, 11) is -3.13. The largest absolute Gasteiger partial charge is 0.326 e. The van der Waals surface area contributed by atoms with E-state index in [-0.39, 0.29) is 0 Å². The van der Waals surface area contributed by atoms with Gasteiger partial charge in [0.05, 0.1) is 0 Å². The molecule has 0 aliphatic carbocycles. The topological polar surface area (TPSA) is 57.5 Å². The van der Waals surface area contributed by atoms with Crippen LogP contribution >= 0.6 is 8.25 Å². The molecule has 0 amide bonds. The third kappa shape index (κ3) is 31.3. The fraction of sp³-hybridized carbons (Fsp3) is 0.846. The van der Waals surface area contributed by atoms with Crippen LogP contribution in [-0.4, -0.2) is 9.79 Å². The summed E-state index contributed by atoms with van der Waals surface area (Å²) >= 11 is 0. The highest BCUT2D eigenvalue weighted by atomic mass is 31.1. The Hall–Kier alpha value is -0.110. The number of allylic oxidation sites excluding steroid dienone is 1. The van der Waals surface area contributed by atoms with E-state index in [0.717, 1.165) is 0 Å². The van der Waals surface area contributed by atoms with Gasteiger partial charge in [-0.15, -0.1) is 6.58 Å². The van der Waals surface area contributed by atoms with Crippen LogP contribution in [0.5, 0.6) is 0 Å². The predicted octanol–water partition coefficient (Wildman–Crippen LogP) is 4.45. The molecule has 0 saturated heterocycles. The molecule has 0 bridgehead atoms. The fourth-order valence-electron chi connectivity index (χ4n) is 1.60. The first-order valence-corrected chi connectivity index (χ1v) is 7.98. The standard InChI is InChI=1S/C13H26.H3O3P/c1-3-5-7-9-11-13-12-10-8-6-4-2;1-4(2)3/h3H,1,4-13H2,2H3;4H,(H2,1,2,3). The van der Waals surface area contributed by atoms with E-state index in [2.05, 4.69) is 13.5 Å². The molecule has 0 aliphatic rings. The van der Waals surface area contributed by atoms with Crippen LogP contribution in [0.4, 0.5) is 0 Å². The van der Waals surface area contributed by atoms with Crippen LogP contribution < -0.4 is 0 Å². The molecule has 4 heteroatoms. The second-order valence-electron chi connectivity index (χ2n) is 4.19. The van der Waals surface area contributed by atoms with Crippen molar-refractivity contribution in [3.05, 3.63) is 12.7 Å². The Kier molecular flexibility index (Phi) is 20.7. The van der Waals surface area contributed by atoms with E-state index < -0.39 is 8.25 Å². The van der Waals surface area contributed by atoms with Crippen LogP contribution in [0.2, 0.25) is 0 Å². The van der Waals surface area contributed by atoms with Crippen molar-refractivity contribution in [1.29, 1.82) is 0 Å². The van der Waals surface area contributed by atoms with Crippen LogP contribution in [0.3, 0.4) is 0 Å². The smallest absolute Gasteiger partial charge is 0.314 e. The fourth-order valence-corrected chi connectivity index (χ4v) is 1.60. The highest BCUT2D eigenvalue weighted by molar-refractivity contribution is 7.30. The Bertz CT molecular complexity index is 168.